The third-order valence-electron chi connectivity index (χ3n) is 10.2. The third kappa shape index (κ3) is 41.7. The summed E-state index contributed by atoms with van der Waals surface area (Å²) in [5.41, 5.74) is 10.5. The standard InChI is InChI=1S/2C16H35N.C14H21BO2/c2*1-2-3-4-5-6-7-8-9-10-11-12-13-14-15-16-17;1-3-5-7-12-9-13(8-6-4-2)11-14(10-12)15(16)17/h2*2-17H2,1H3;9-11H,3-8H2,1-2H3/q;;-2/p+2. The maximum absolute atomic E-state index is 11.0. The zero-order valence-corrected chi connectivity index (χ0v) is 35.5. The molecule has 0 atom stereocenters. The molecule has 1 aromatic carbocycles. The minimum Gasteiger partial charge on any atom is -0.889 e. The van der Waals surface area contributed by atoms with Gasteiger partial charge < -0.3 is 21.5 Å². The lowest BCUT2D eigenvalue weighted by Gasteiger charge is -2.28. The van der Waals surface area contributed by atoms with Crippen LogP contribution in [0.5, 0.6) is 0 Å². The zero-order chi connectivity index (χ0) is 37.9. The van der Waals surface area contributed by atoms with Crippen molar-refractivity contribution in [2.24, 2.45) is 0 Å². The van der Waals surface area contributed by atoms with Crippen LogP contribution in [0.3, 0.4) is 0 Å². The summed E-state index contributed by atoms with van der Waals surface area (Å²) in [5.74, 6) is 0. The van der Waals surface area contributed by atoms with Crippen LogP contribution in [-0.2, 0) is 12.8 Å². The summed E-state index contributed by atoms with van der Waals surface area (Å²) in [4.78, 5) is 0. The lowest BCUT2D eigenvalue weighted by Crippen LogP contribution is -2.55. The smallest absolute Gasteiger partial charge is 0.0739 e. The lowest BCUT2D eigenvalue weighted by atomic mass is 9.78. The van der Waals surface area contributed by atoms with Crippen molar-refractivity contribution in [3.8, 4) is 0 Å². The van der Waals surface area contributed by atoms with Crippen molar-refractivity contribution in [1.82, 2.24) is 0 Å². The van der Waals surface area contributed by atoms with Crippen molar-refractivity contribution >= 4 is 12.6 Å². The van der Waals surface area contributed by atoms with E-state index in [4.69, 9.17) is 0 Å². The quantitative estimate of drug-likeness (QED) is 0.0540. The van der Waals surface area contributed by atoms with Crippen molar-refractivity contribution in [3.63, 3.8) is 0 Å². The minimum absolute atomic E-state index is 0.407. The van der Waals surface area contributed by atoms with Crippen LogP contribution in [0.4, 0.5) is 0 Å². The summed E-state index contributed by atoms with van der Waals surface area (Å²) in [5, 5.41) is 22.1. The van der Waals surface area contributed by atoms with E-state index in [9.17, 15) is 10.0 Å². The van der Waals surface area contributed by atoms with Gasteiger partial charge in [-0.25, -0.2) is 0 Å². The summed E-state index contributed by atoms with van der Waals surface area (Å²) >= 11 is 0. The van der Waals surface area contributed by atoms with Crippen LogP contribution in [0.25, 0.3) is 0 Å². The number of hydrogen-bond acceptors (Lipinski definition) is 2. The molecule has 0 aliphatic carbocycles. The first-order valence-electron chi connectivity index (χ1n) is 23.0. The van der Waals surface area contributed by atoms with E-state index in [0.29, 0.717) is 5.46 Å². The highest BCUT2D eigenvalue weighted by molar-refractivity contribution is 6.55. The average molecular weight is 717 g/mol. The first-order chi connectivity index (χ1) is 25.0. The molecule has 0 radical (unpaired) electrons. The van der Waals surface area contributed by atoms with Gasteiger partial charge in [-0.2, -0.15) is 0 Å². The molecule has 302 valence electrons. The molecule has 51 heavy (non-hydrogen) atoms. The average Bonchev–Trinajstić information content (AvgIpc) is 3.14. The molecule has 0 fully saturated rings. The molecule has 0 spiro atoms. The monoisotopic (exact) mass is 717 g/mol. The van der Waals surface area contributed by atoms with Gasteiger partial charge in [0.1, 0.15) is 0 Å². The van der Waals surface area contributed by atoms with Crippen molar-refractivity contribution in [1.29, 1.82) is 0 Å². The lowest BCUT2D eigenvalue weighted by molar-refractivity contribution is -0.368. The highest BCUT2D eigenvalue weighted by atomic mass is 16.4. The molecule has 0 saturated heterocycles. The van der Waals surface area contributed by atoms with E-state index < -0.39 is 7.12 Å². The van der Waals surface area contributed by atoms with E-state index in [-0.39, 0.29) is 0 Å². The van der Waals surface area contributed by atoms with Crippen LogP contribution in [0, 0.1) is 0 Å². The molecule has 5 heteroatoms. The first-order valence-corrected chi connectivity index (χ1v) is 23.0. The van der Waals surface area contributed by atoms with E-state index in [1.54, 1.807) is 12.1 Å². The van der Waals surface area contributed by atoms with Crippen molar-refractivity contribution in [2.45, 2.75) is 246 Å². The van der Waals surface area contributed by atoms with E-state index in [1.165, 1.54) is 180 Å². The second-order valence-electron chi connectivity index (χ2n) is 15.5. The van der Waals surface area contributed by atoms with Gasteiger partial charge in [-0.3, -0.25) is 0 Å². The molecule has 0 heterocycles. The predicted molar refractivity (Wildman–Crippen MR) is 225 cm³/mol. The Bertz CT molecular complexity index is 691. The maximum Gasteiger partial charge on any atom is 0.0739 e. The Balaban J connectivity index is 0. The second-order valence-corrected chi connectivity index (χ2v) is 15.5. The second kappa shape index (κ2) is 45.3. The van der Waals surface area contributed by atoms with Crippen molar-refractivity contribution < 1.29 is 21.5 Å². The van der Waals surface area contributed by atoms with Crippen LogP contribution >= 0.6 is 0 Å². The Labute approximate surface area is 321 Å². The highest BCUT2D eigenvalue weighted by Crippen LogP contribution is 2.14. The summed E-state index contributed by atoms with van der Waals surface area (Å²) in [6.07, 6.45) is 46.8. The van der Waals surface area contributed by atoms with Crippen LogP contribution in [0.2, 0.25) is 0 Å². The first kappa shape index (κ1) is 52.2. The van der Waals surface area contributed by atoms with Gasteiger partial charge in [0.15, 0.2) is 0 Å². The van der Waals surface area contributed by atoms with E-state index in [1.807, 2.05) is 0 Å². The van der Waals surface area contributed by atoms with Crippen molar-refractivity contribution in [2.75, 3.05) is 13.1 Å². The number of benzene rings is 1. The molecule has 0 aliphatic heterocycles. The summed E-state index contributed by atoms with van der Waals surface area (Å²) < 4.78 is 0. The number of hydrogen-bond donors (Lipinski definition) is 2. The van der Waals surface area contributed by atoms with Gasteiger partial charge in [0, 0.05) is 0 Å². The van der Waals surface area contributed by atoms with Gasteiger partial charge in [0.25, 0.3) is 0 Å². The number of aryl methyl sites for hydroxylation is 2. The third-order valence-corrected chi connectivity index (χ3v) is 10.2. The SMILES string of the molecule is CCCCCCCCCCCCCCCC[NH3+].CCCCCCCCCCCCCCCC[NH3+].CCCCc1cc(CCCC)cc(B([O-])[O-])c1. The van der Waals surface area contributed by atoms with Gasteiger partial charge in [-0.05, 0) is 62.5 Å². The van der Waals surface area contributed by atoms with Gasteiger partial charge in [0.2, 0.25) is 0 Å². The molecular weight excluding hydrogens is 623 g/mol. The van der Waals surface area contributed by atoms with E-state index >= 15 is 0 Å². The molecule has 1 rings (SSSR count). The predicted octanol–water partition coefficient (Wildman–Crippen LogP) is 10.2. The van der Waals surface area contributed by atoms with Gasteiger partial charge in [0.05, 0.1) is 13.1 Å². The summed E-state index contributed by atoms with van der Waals surface area (Å²) in [7, 11) is -1.85. The maximum atomic E-state index is 11.0. The fourth-order valence-corrected chi connectivity index (χ4v) is 6.72. The van der Waals surface area contributed by atoms with Crippen LogP contribution in [0.1, 0.15) is 244 Å². The molecule has 0 aliphatic rings. The Hall–Kier alpha value is -0.875. The largest absolute Gasteiger partial charge is 0.889 e. The molecule has 0 saturated carbocycles. The van der Waals surface area contributed by atoms with E-state index in [2.05, 4.69) is 45.2 Å². The van der Waals surface area contributed by atoms with Crippen LogP contribution in [0.15, 0.2) is 18.2 Å². The molecule has 6 N–H and O–H groups in total. The highest BCUT2D eigenvalue weighted by Gasteiger charge is 2.00. The van der Waals surface area contributed by atoms with Crippen LogP contribution < -0.4 is 27.0 Å². The minimum atomic E-state index is -1.85. The van der Waals surface area contributed by atoms with E-state index in [0.717, 1.165) is 62.7 Å². The molecule has 0 unspecified atom stereocenters. The van der Waals surface area contributed by atoms with Crippen molar-refractivity contribution in [3.05, 3.63) is 29.3 Å². The van der Waals surface area contributed by atoms with Gasteiger partial charge in [-0.15, -0.1) is 5.46 Å². The van der Waals surface area contributed by atoms with Gasteiger partial charge in [-0.1, -0.05) is 220 Å². The normalized spacial score (nSPS) is 10.8. The number of unbranched alkanes of at least 4 members (excludes halogenated alkanes) is 28. The Morgan fingerprint density at radius 1 is 0.353 bits per heavy atom. The summed E-state index contributed by atoms with van der Waals surface area (Å²) in [6.45, 7) is 11.1. The molecule has 0 amide bonds. The molecule has 0 aromatic heterocycles. The fraction of sp³-hybridized carbons (Fsp3) is 0.870. The molecule has 0 bridgehead atoms. The number of rotatable bonds is 35. The molecule has 1 aromatic rings. The number of quaternary nitrogens is 2. The van der Waals surface area contributed by atoms with Gasteiger partial charge >= 0.3 is 0 Å². The molecule has 4 nitrogen and oxygen atoms in total. The molecular formula is C46H93BN2O2. The zero-order valence-electron chi connectivity index (χ0n) is 35.5. The Kier molecular flexibility index (Phi) is 46.4. The fourth-order valence-electron chi connectivity index (χ4n) is 6.72. The topological polar surface area (TPSA) is 101 Å². The van der Waals surface area contributed by atoms with Crippen LogP contribution in [-0.4, -0.2) is 20.2 Å². The Morgan fingerprint density at radius 3 is 0.804 bits per heavy atom. The Morgan fingerprint density at radius 2 is 0.588 bits per heavy atom. The summed E-state index contributed by atoms with van der Waals surface area (Å²) in [6, 6.07) is 5.72.